The number of benzene rings is 1. The van der Waals surface area contributed by atoms with Crippen molar-refractivity contribution < 1.29 is 14.3 Å². The van der Waals surface area contributed by atoms with Crippen molar-refractivity contribution in [1.29, 1.82) is 0 Å². The van der Waals surface area contributed by atoms with Crippen LogP contribution in [0.1, 0.15) is 12.0 Å². The number of amides is 3. The van der Waals surface area contributed by atoms with Crippen LogP contribution in [0.15, 0.2) is 42.9 Å². The molecule has 1 aliphatic rings. The van der Waals surface area contributed by atoms with Crippen molar-refractivity contribution in [2.75, 3.05) is 18.6 Å². The molecule has 1 saturated heterocycles. The topological polar surface area (TPSA) is 80.0 Å². The maximum atomic E-state index is 13.0. The first-order valence-corrected chi connectivity index (χ1v) is 8.68. The second kappa shape index (κ2) is 6.88. The zero-order valence-electron chi connectivity index (χ0n) is 14.5. The Morgan fingerprint density at radius 3 is 2.70 bits per heavy atom. The van der Waals surface area contributed by atoms with Gasteiger partial charge in [0.25, 0.3) is 0 Å². The zero-order chi connectivity index (χ0) is 19.0. The fourth-order valence-corrected chi connectivity index (χ4v) is 3.18. The molecule has 0 N–H and O–H groups in total. The average molecular weight is 386 g/mol. The van der Waals surface area contributed by atoms with Gasteiger partial charge in [0.15, 0.2) is 0 Å². The predicted molar refractivity (Wildman–Crippen MR) is 98.9 cm³/mol. The number of anilines is 1. The minimum absolute atomic E-state index is 0.196. The summed E-state index contributed by atoms with van der Waals surface area (Å²) in [5, 5.41) is 4.52. The second-order valence-corrected chi connectivity index (χ2v) is 6.47. The Labute approximate surface area is 159 Å². The van der Waals surface area contributed by atoms with Crippen LogP contribution in [-0.4, -0.2) is 45.1 Å². The summed E-state index contributed by atoms with van der Waals surface area (Å²) in [4.78, 5) is 32.2. The van der Waals surface area contributed by atoms with Crippen molar-refractivity contribution in [3.63, 3.8) is 0 Å². The van der Waals surface area contributed by atoms with Gasteiger partial charge in [-0.25, -0.2) is 14.3 Å². The first-order chi connectivity index (χ1) is 13.1. The Kier molecular flexibility index (Phi) is 4.41. The van der Waals surface area contributed by atoms with E-state index in [4.69, 9.17) is 16.3 Å². The lowest BCUT2D eigenvalue weighted by atomic mass is 10.1. The van der Waals surface area contributed by atoms with Gasteiger partial charge in [0, 0.05) is 13.0 Å². The number of nitrogens with zero attached hydrogens (tertiary/aromatic N) is 5. The van der Waals surface area contributed by atoms with Crippen LogP contribution in [0.2, 0.25) is 5.15 Å². The summed E-state index contributed by atoms with van der Waals surface area (Å²) in [5.74, 6) is 0.513. The van der Waals surface area contributed by atoms with Crippen molar-refractivity contribution in [3.05, 3.63) is 53.6 Å². The van der Waals surface area contributed by atoms with Crippen LogP contribution in [0.4, 0.5) is 10.5 Å². The summed E-state index contributed by atoms with van der Waals surface area (Å²) >= 11 is 5.88. The highest BCUT2D eigenvalue weighted by atomic mass is 35.5. The molecule has 3 heterocycles. The maximum absolute atomic E-state index is 13.0. The highest BCUT2D eigenvalue weighted by Gasteiger charge is 2.34. The Morgan fingerprint density at radius 1 is 1.19 bits per heavy atom. The molecule has 3 amide bonds. The number of fused-ring (bicyclic) bond motifs is 1. The van der Waals surface area contributed by atoms with Crippen LogP contribution < -0.4 is 9.64 Å². The van der Waals surface area contributed by atoms with E-state index in [1.165, 1.54) is 4.90 Å². The van der Waals surface area contributed by atoms with E-state index in [-0.39, 0.29) is 24.9 Å². The molecule has 0 spiro atoms. The summed E-state index contributed by atoms with van der Waals surface area (Å²) in [6, 6.07) is 6.88. The number of carbonyl (C=O) groups is 2. The van der Waals surface area contributed by atoms with Crippen molar-refractivity contribution in [2.45, 2.75) is 13.0 Å². The molecule has 8 nitrogen and oxygen atoms in total. The number of hydrogen-bond acceptors (Lipinski definition) is 5. The number of hydrogen-bond donors (Lipinski definition) is 0. The summed E-state index contributed by atoms with van der Waals surface area (Å²) in [7, 11) is 1.59. The lowest BCUT2D eigenvalue weighted by Crippen LogP contribution is -2.52. The third-order valence-corrected chi connectivity index (χ3v) is 4.65. The summed E-state index contributed by atoms with van der Waals surface area (Å²) < 4.78 is 6.69. The molecule has 27 heavy (non-hydrogen) atoms. The molecule has 1 fully saturated rings. The standard InChI is InChI=1S/C18H16ClN5O3/c1-27-13-4-2-12(3-5-13)10-23-17(25)6-7-22(18(23)26)14-9-21-24-11-16(19)20-8-15(14)24/h2-5,8-9,11H,6-7,10H2,1H3. The Balaban J connectivity index is 1.61. The van der Waals surface area contributed by atoms with E-state index in [1.54, 1.807) is 47.2 Å². The van der Waals surface area contributed by atoms with E-state index < -0.39 is 0 Å². The monoisotopic (exact) mass is 385 g/mol. The Morgan fingerprint density at radius 2 is 1.96 bits per heavy atom. The number of carbonyl (C=O) groups excluding carboxylic acids is 2. The minimum atomic E-state index is -0.382. The van der Waals surface area contributed by atoms with Gasteiger partial charge < -0.3 is 4.74 Å². The molecule has 0 radical (unpaired) electrons. The molecule has 0 atom stereocenters. The molecule has 4 rings (SSSR count). The summed E-state index contributed by atoms with van der Waals surface area (Å²) in [6.45, 7) is 0.488. The molecule has 3 aromatic rings. The number of imide groups is 1. The second-order valence-electron chi connectivity index (χ2n) is 6.08. The van der Waals surface area contributed by atoms with Crippen LogP contribution in [0.25, 0.3) is 5.52 Å². The van der Waals surface area contributed by atoms with Crippen molar-refractivity contribution in [3.8, 4) is 5.75 Å². The molecule has 0 saturated carbocycles. The van der Waals surface area contributed by atoms with Gasteiger partial charge in [-0.2, -0.15) is 5.10 Å². The average Bonchev–Trinajstić information content (AvgIpc) is 3.08. The highest BCUT2D eigenvalue weighted by molar-refractivity contribution is 6.29. The third-order valence-electron chi connectivity index (χ3n) is 4.46. The van der Waals surface area contributed by atoms with Gasteiger partial charge in [0.05, 0.1) is 37.9 Å². The fraction of sp³-hybridized carbons (Fsp3) is 0.222. The van der Waals surface area contributed by atoms with Crippen molar-refractivity contribution >= 4 is 34.7 Å². The molecule has 0 unspecified atom stereocenters. The van der Waals surface area contributed by atoms with Gasteiger partial charge in [-0.1, -0.05) is 23.7 Å². The lowest BCUT2D eigenvalue weighted by molar-refractivity contribution is -0.129. The van der Waals surface area contributed by atoms with Crippen LogP contribution in [0.5, 0.6) is 5.75 Å². The zero-order valence-corrected chi connectivity index (χ0v) is 15.3. The smallest absolute Gasteiger partial charge is 0.331 e. The number of ether oxygens (including phenoxy) is 1. The van der Waals surface area contributed by atoms with E-state index in [1.807, 2.05) is 12.1 Å². The Bertz CT molecular complexity index is 1020. The number of rotatable bonds is 4. The molecule has 2 aromatic heterocycles. The normalized spacial score (nSPS) is 14.9. The van der Waals surface area contributed by atoms with Gasteiger partial charge >= 0.3 is 6.03 Å². The van der Waals surface area contributed by atoms with Crippen LogP contribution in [0.3, 0.4) is 0 Å². The maximum Gasteiger partial charge on any atom is 0.331 e. The van der Waals surface area contributed by atoms with Crippen LogP contribution in [-0.2, 0) is 11.3 Å². The van der Waals surface area contributed by atoms with E-state index in [2.05, 4.69) is 10.1 Å². The van der Waals surface area contributed by atoms with Crippen LogP contribution in [0, 0.1) is 0 Å². The molecule has 1 aromatic carbocycles. The molecular formula is C18H16ClN5O3. The molecule has 1 aliphatic heterocycles. The summed E-state index contributed by atoms with van der Waals surface area (Å²) in [5.41, 5.74) is 2.08. The molecule has 138 valence electrons. The van der Waals surface area contributed by atoms with E-state index in [0.29, 0.717) is 28.7 Å². The number of aromatic nitrogens is 3. The lowest BCUT2D eigenvalue weighted by Gasteiger charge is -2.33. The minimum Gasteiger partial charge on any atom is -0.497 e. The molecule has 0 bridgehead atoms. The van der Waals surface area contributed by atoms with Gasteiger partial charge in [0.2, 0.25) is 5.91 Å². The first-order valence-electron chi connectivity index (χ1n) is 8.30. The highest BCUT2D eigenvalue weighted by Crippen LogP contribution is 2.27. The van der Waals surface area contributed by atoms with Crippen molar-refractivity contribution in [2.24, 2.45) is 0 Å². The van der Waals surface area contributed by atoms with Crippen molar-refractivity contribution in [1.82, 2.24) is 19.5 Å². The van der Waals surface area contributed by atoms with E-state index in [0.717, 1.165) is 5.56 Å². The van der Waals surface area contributed by atoms with Gasteiger partial charge in [0.1, 0.15) is 16.4 Å². The Hall–Kier alpha value is -3.13. The van der Waals surface area contributed by atoms with E-state index >= 15 is 0 Å². The van der Waals surface area contributed by atoms with E-state index in [9.17, 15) is 9.59 Å². The fourth-order valence-electron chi connectivity index (χ4n) is 3.04. The quantitative estimate of drug-likeness (QED) is 0.689. The van der Waals surface area contributed by atoms with Gasteiger partial charge in [-0.3, -0.25) is 14.6 Å². The van der Waals surface area contributed by atoms with Gasteiger partial charge in [-0.15, -0.1) is 0 Å². The first kappa shape index (κ1) is 17.3. The largest absolute Gasteiger partial charge is 0.497 e. The molecule has 9 heteroatoms. The third kappa shape index (κ3) is 3.19. The number of urea groups is 1. The number of methoxy groups -OCH3 is 1. The SMILES string of the molecule is COc1ccc(CN2C(=O)CCN(c3cnn4cc(Cl)ncc34)C2=O)cc1. The summed E-state index contributed by atoms with van der Waals surface area (Å²) in [6.07, 6.45) is 4.93. The predicted octanol–water partition coefficient (Wildman–Crippen LogP) is 2.75. The van der Waals surface area contributed by atoms with Gasteiger partial charge in [-0.05, 0) is 17.7 Å². The number of halogens is 1. The molecule has 0 aliphatic carbocycles. The molecular weight excluding hydrogens is 370 g/mol. The van der Waals surface area contributed by atoms with Crippen LogP contribution >= 0.6 is 11.6 Å².